The molecule has 6 nitrogen and oxygen atoms in total. The molecule has 1 aliphatic rings. The number of methoxy groups -OCH3 is 1. The predicted octanol–water partition coefficient (Wildman–Crippen LogP) is 0.817. The fourth-order valence-electron chi connectivity index (χ4n) is 2.34. The van der Waals surface area contributed by atoms with Crippen molar-refractivity contribution >= 4 is 36.6 Å². The Balaban J connectivity index is 2.10. The molecule has 0 saturated carbocycles. The van der Waals surface area contributed by atoms with Gasteiger partial charge < -0.3 is 9.64 Å². The molecule has 122 valence electrons. The van der Waals surface area contributed by atoms with Crippen LogP contribution in [0.1, 0.15) is 11.1 Å². The molecule has 0 aromatic heterocycles. The molecule has 1 fully saturated rings. The number of thioether (sulfide) groups is 1. The van der Waals surface area contributed by atoms with Gasteiger partial charge in [0.1, 0.15) is 5.75 Å². The number of amides is 3. The first kappa shape index (κ1) is 17.4. The van der Waals surface area contributed by atoms with Gasteiger partial charge in [-0.25, -0.2) is 0 Å². The van der Waals surface area contributed by atoms with Gasteiger partial charge in [0, 0.05) is 13.6 Å². The monoisotopic (exact) mass is 334 g/mol. The van der Waals surface area contributed by atoms with Crippen molar-refractivity contribution in [2.75, 3.05) is 20.7 Å². The molecule has 1 aromatic carbocycles. The lowest BCUT2D eigenvalue weighted by Crippen LogP contribution is -2.27. The molecule has 3 amide bonds. The molecule has 8 heteroatoms. The molecule has 1 heterocycles. The molecule has 2 rings (SSSR count). The summed E-state index contributed by atoms with van der Waals surface area (Å²) < 4.78 is 5.36. The SMILES string of the molecule is BC(=O)N(C)CCc1cc(CC2SC(=O)NC2=O)ccc1OC. The summed E-state index contributed by atoms with van der Waals surface area (Å²) in [6.45, 7) is 0.590. The van der Waals surface area contributed by atoms with Crippen LogP contribution in [0, 0.1) is 0 Å². The molecule has 1 aromatic rings. The van der Waals surface area contributed by atoms with Crippen molar-refractivity contribution in [3.63, 3.8) is 0 Å². The Bertz CT molecular complexity index is 638. The minimum Gasteiger partial charge on any atom is -0.496 e. The first-order valence-electron chi connectivity index (χ1n) is 7.29. The second kappa shape index (κ2) is 7.54. The fraction of sp³-hybridized carbons (Fsp3) is 0.400. The van der Waals surface area contributed by atoms with Crippen LogP contribution in [0.25, 0.3) is 0 Å². The molecule has 0 aliphatic carbocycles. The highest BCUT2D eigenvalue weighted by molar-refractivity contribution is 8.15. The average molecular weight is 334 g/mol. The lowest BCUT2D eigenvalue weighted by molar-refractivity contribution is -0.118. The molecule has 0 spiro atoms. The maximum Gasteiger partial charge on any atom is 0.286 e. The number of likely N-dealkylation sites (N-methyl/N-ethyl adjacent to an activating group) is 1. The van der Waals surface area contributed by atoms with Crippen molar-refractivity contribution < 1.29 is 19.1 Å². The fourth-order valence-corrected chi connectivity index (χ4v) is 3.20. The Hall–Kier alpha value is -1.96. The third-order valence-electron chi connectivity index (χ3n) is 3.79. The first-order chi connectivity index (χ1) is 10.9. The van der Waals surface area contributed by atoms with E-state index in [9.17, 15) is 14.4 Å². The van der Waals surface area contributed by atoms with Gasteiger partial charge in [-0.05, 0) is 30.0 Å². The number of hydrogen-bond donors (Lipinski definition) is 1. The van der Waals surface area contributed by atoms with Crippen LogP contribution in [0.3, 0.4) is 0 Å². The van der Waals surface area contributed by atoms with Crippen LogP contribution in [0.5, 0.6) is 5.75 Å². The number of imide groups is 1. The van der Waals surface area contributed by atoms with E-state index in [1.54, 1.807) is 19.1 Å². The molecule has 1 N–H and O–H groups in total. The Morgan fingerprint density at radius 3 is 2.74 bits per heavy atom. The molecule has 1 aliphatic heterocycles. The standard InChI is InChI=1S/C15H19BN2O4S/c1-18(14(16)20)6-5-10-7-9(3-4-11(10)22-2)8-12-13(19)17-15(21)23-12/h3-4,7,12H,5-6,8,16H2,1-2H3,(H,17,19,21). The van der Waals surface area contributed by atoms with E-state index in [1.165, 1.54) is 7.85 Å². The molecule has 23 heavy (non-hydrogen) atoms. The highest BCUT2D eigenvalue weighted by Crippen LogP contribution is 2.26. The van der Waals surface area contributed by atoms with E-state index in [4.69, 9.17) is 4.74 Å². The zero-order chi connectivity index (χ0) is 17.0. The van der Waals surface area contributed by atoms with Crippen molar-refractivity contribution in [3.05, 3.63) is 29.3 Å². The number of carbonyl (C=O) groups is 3. The summed E-state index contributed by atoms with van der Waals surface area (Å²) >= 11 is 1.02. The Morgan fingerprint density at radius 2 is 2.17 bits per heavy atom. The minimum atomic E-state index is -0.386. The van der Waals surface area contributed by atoms with Crippen LogP contribution in [0.2, 0.25) is 0 Å². The summed E-state index contributed by atoms with van der Waals surface area (Å²) in [5, 5.41) is 1.61. The number of nitrogens with one attached hydrogen (secondary N) is 1. The zero-order valence-corrected chi connectivity index (χ0v) is 14.2. The van der Waals surface area contributed by atoms with Gasteiger partial charge in [-0.1, -0.05) is 23.9 Å². The summed E-state index contributed by atoms with van der Waals surface area (Å²) in [7, 11) is 4.89. The Labute approximate surface area is 140 Å². The summed E-state index contributed by atoms with van der Waals surface area (Å²) in [4.78, 5) is 35.8. The van der Waals surface area contributed by atoms with Crippen molar-refractivity contribution in [3.8, 4) is 5.75 Å². The third kappa shape index (κ3) is 4.51. The zero-order valence-electron chi connectivity index (χ0n) is 13.4. The molecule has 1 unspecified atom stereocenters. The van der Waals surface area contributed by atoms with Crippen LogP contribution in [-0.2, 0) is 17.6 Å². The van der Waals surface area contributed by atoms with E-state index in [0.29, 0.717) is 19.4 Å². The topological polar surface area (TPSA) is 75.7 Å². The lowest BCUT2D eigenvalue weighted by Gasteiger charge is -2.17. The number of rotatable bonds is 6. The molecule has 0 radical (unpaired) electrons. The minimum absolute atomic E-state index is 0.0117. The highest BCUT2D eigenvalue weighted by Gasteiger charge is 2.31. The number of carbonyl (C=O) groups excluding carboxylic acids is 3. The predicted molar refractivity (Wildman–Crippen MR) is 91.9 cm³/mol. The van der Waals surface area contributed by atoms with Gasteiger partial charge in [-0.3, -0.25) is 19.7 Å². The van der Waals surface area contributed by atoms with Crippen LogP contribution in [0.15, 0.2) is 18.2 Å². The van der Waals surface area contributed by atoms with Gasteiger partial charge in [0.15, 0.2) is 5.81 Å². The molecule has 1 saturated heterocycles. The van der Waals surface area contributed by atoms with Gasteiger partial charge in [-0.2, -0.15) is 0 Å². The van der Waals surface area contributed by atoms with Gasteiger partial charge in [0.2, 0.25) is 13.8 Å². The van der Waals surface area contributed by atoms with Crippen LogP contribution < -0.4 is 10.1 Å². The van der Waals surface area contributed by atoms with Crippen molar-refractivity contribution in [1.82, 2.24) is 10.2 Å². The van der Waals surface area contributed by atoms with E-state index in [-0.39, 0.29) is 22.2 Å². The second-order valence-corrected chi connectivity index (χ2v) is 6.60. The maximum atomic E-state index is 11.7. The normalized spacial score (nSPS) is 17.0. The quantitative estimate of drug-likeness (QED) is 0.780. The summed E-state index contributed by atoms with van der Waals surface area (Å²) in [5.41, 5.74) is 1.95. The van der Waals surface area contributed by atoms with E-state index < -0.39 is 0 Å². The van der Waals surface area contributed by atoms with Gasteiger partial charge in [0.25, 0.3) is 5.24 Å². The van der Waals surface area contributed by atoms with Crippen molar-refractivity contribution in [2.45, 2.75) is 18.1 Å². The smallest absolute Gasteiger partial charge is 0.286 e. The Morgan fingerprint density at radius 1 is 1.43 bits per heavy atom. The van der Waals surface area contributed by atoms with Crippen LogP contribution in [-0.4, -0.2) is 55.7 Å². The summed E-state index contributed by atoms with van der Waals surface area (Å²) in [6, 6.07) is 5.73. The van der Waals surface area contributed by atoms with Crippen molar-refractivity contribution in [2.24, 2.45) is 0 Å². The van der Waals surface area contributed by atoms with E-state index in [2.05, 4.69) is 5.32 Å². The largest absolute Gasteiger partial charge is 0.496 e. The molecular weight excluding hydrogens is 315 g/mol. The number of ether oxygens (including phenoxy) is 1. The summed E-state index contributed by atoms with van der Waals surface area (Å²) in [6.07, 6.45) is 1.15. The average Bonchev–Trinajstić information content (AvgIpc) is 2.82. The second-order valence-electron chi connectivity index (χ2n) is 5.42. The van der Waals surface area contributed by atoms with Gasteiger partial charge in [0.05, 0.1) is 12.4 Å². The van der Waals surface area contributed by atoms with E-state index >= 15 is 0 Å². The Kier molecular flexibility index (Phi) is 5.71. The number of hydrogen-bond acceptors (Lipinski definition) is 5. The third-order valence-corrected chi connectivity index (χ3v) is 4.77. The van der Waals surface area contributed by atoms with Gasteiger partial charge >= 0.3 is 0 Å². The highest BCUT2D eigenvalue weighted by atomic mass is 32.2. The number of benzene rings is 1. The maximum absolute atomic E-state index is 11.7. The molecule has 1 atom stereocenters. The van der Waals surface area contributed by atoms with E-state index in [1.807, 2.05) is 18.2 Å². The lowest BCUT2D eigenvalue weighted by atomic mass is 10.0. The van der Waals surface area contributed by atoms with Crippen LogP contribution >= 0.6 is 11.8 Å². The number of nitrogens with zero attached hydrogens (tertiary/aromatic N) is 1. The first-order valence-corrected chi connectivity index (χ1v) is 8.17. The molecule has 0 bridgehead atoms. The summed E-state index contributed by atoms with van der Waals surface area (Å²) in [5.74, 6) is 0.525. The van der Waals surface area contributed by atoms with E-state index in [0.717, 1.165) is 28.6 Å². The molecular formula is C15H19BN2O4S. The van der Waals surface area contributed by atoms with Crippen molar-refractivity contribution in [1.29, 1.82) is 0 Å². The van der Waals surface area contributed by atoms with Crippen LogP contribution in [0.4, 0.5) is 9.59 Å². The van der Waals surface area contributed by atoms with Gasteiger partial charge in [-0.15, -0.1) is 0 Å².